The highest BCUT2D eigenvalue weighted by molar-refractivity contribution is 6.04. The van der Waals surface area contributed by atoms with Gasteiger partial charge < -0.3 is 0 Å². The lowest BCUT2D eigenvalue weighted by molar-refractivity contribution is -0.139. The Hall–Kier alpha value is -0.660. The molecule has 4 saturated carbocycles. The Kier molecular flexibility index (Phi) is 3.34. The summed E-state index contributed by atoms with van der Waals surface area (Å²) in [7, 11) is 0. The van der Waals surface area contributed by atoms with Crippen molar-refractivity contribution in [3.63, 3.8) is 0 Å². The van der Waals surface area contributed by atoms with Crippen molar-refractivity contribution in [1.82, 2.24) is 0 Å². The SMILES string of the molecule is CC(=O)C(C)(CCC12CC3CC(CC(C3)C1)C2)C(C)=O. The molecule has 0 aromatic rings. The summed E-state index contributed by atoms with van der Waals surface area (Å²) in [6, 6.07) is 0. The van der Waals surface area contributed by atoms with Crippen LogP contribution >= 0.6 is 0 Å². The smallest absolute Gasteiger partial charge is 0.143 e. The Labute approximate surface area is 122 Å². The first-order chi connectivity index (χ1) is 9.33. The molecule has 2 heteroatoms. The minimum absolute atomic E-state index is 0.0507. The number of Topliss-reactive ketones (excluding diaryl/α,β-unsaturated/α-hetero) is 2. The van der Waals surface area contributed by atoms with E-state index in [1.807, 2.05) is 6.92 Å². The van der Waals surface area contributed by atoms with E-state index in [1.165, 1.54) is 38.5 Å². The molecule has 0 heterocycles. The fraction of sp³-hybridized carbons (Fsp3) is 0.889. The van der Waals surface area contributed by atoms with Crippen molar-refractivity contribution in [2.24, 2.45) is 28.6 Å². The molecule has 0 spiro atoms. The fourth-order valence-corrected chi connectivity index (χ4v) is 5.71. The van der Waals surface area contributed by atoms with Gasteiger partial charge in [-0.3, -0.25) is 9.59 Å². The molecule has 0 aromatic carbocycles. The summed E-state index contributed by atoms with van der Waals surface area (Å²) in [6.07, 6.45) is 10.3. The minimum Gasteiger partial charge on any atom is -0.299 e. The number of ketones is 2. The predicted molar refractivity (Wildman–Crippen MR) is 79.3 cm³/mol. The van der Waals surface area contributed by atoms with E-state index in [1.54, 1.807) is 13.8 Å². The molecule has 20 heavy (non-hydrogen) atoms. The molecule has 2 nitrogen and oxygen atoms in total. The summed E-state index contributed by atoms with van der Waals surface area (Å²) in [5.41, 5.74) is -0.260. The van der Waals surface area contributed by atoms with E-state index in [4.69, 9.17) is 0 Å². The van der Waals surface area contributed by atoms with Gasteiger partial charge in [-0.05, 0) is 95.3 Å². The number of rotatable bonds is 5. The maximum atomic E-state index is 11.9. The van der Waals surface area contributed by atoms with Gasteiger partial charge >= 0.3 is 0 Å². The van der Waals surface area contributed by atoms with Gasteiger partial charge in [0.15, 0.2) is 0 Å². The van der Waals surface area contributed by atoms with Crippen molar-refractivity contribution >= 4 is 11.6 Å². The lowest BCUT2D eigenvalue weighted by Crippen LogP contribution is -2.47. The van der Waals surface area contributed by atoms with Crippen LogP contribution in [-0.4, -0.2) is 11.6 Å². The van der Waals surface area contributed by atoms with E-state index < -0.39 is 5.41 Å². The third-order valence-corrected chi connectivity index (χ3v) is 6.87. The summed E-state index contributed by atoms with van der Waals surface area (Å²) in [5, 5.41) is 0. The maximum Gasteiger partial charge on any atom is 0.143 e. The third kappa shape index (κ3) is 2.25. The first kappa shape index (κ1) is 14.3. The van der Waals surface area contributed by atoms with Crippen LogP contribution in [0.1, 0.15) is 72.1 Å². The number of carbonyl (C=O) groups excluding carboxylic acids is 2. The molecule has 0 atom stereocenters. The molecule has 4 rings (SSSR count). The van der Waals surface area contributed by atoms with Crippen LogP contribution in [0.3, 0.4) is 0 Å². The lowest BCUT2D eigenvalue weighted by Gasteiger charge is -2.57. The summed E-state index contributed by atoms with van der Waals surface area (Å²) < 4.78 is 0. The molecular weight excluding hydrogens is 248 g/mol. The summed E-state index contributed by atoms with van der Waals surface area (Å²) in [6.45, 7) is 5.03. The molecule has 4 aliphatic carbocycles. The van der Waals surface area contributed by atoms with Gasteiger partial charge in [-0.25, -0.2) is 0 Å². The Morgan fingerprint density at radius 2 is 1.35 bits per heavy atom. The van der Waals surface area contributed by atoms with Gasteiger partial charge in [0.1, 0.15) is 11.6 Å². The van der Waals surface area contributed by atoms with Gasteiger partial charge in [0.05, 0.1) is 5.41 Å². The molecule has 0 aromatic heterocycles. The van der Waals surface area contributed by atoms with Crippen LogP contribution in [0, 0.1) is 28.6 Å². The lowest BCUT2D eigenvalue weighted by atomic mass is 9.48. The van der Waals surface area contributed by atoms with Crippen LogP contribution in [0.4, 0.5) is 0 Å². The third-order valence-electron chi connectivity index (χ3n) is 6.87. The maximum absolute atomic E-state index is 11.9. The normalized spacial score (nSPS) is 39.0. The highest BCUT2D eigenvalue weighted by Gasteiger charge is 2.51. The Bertz CT molecular complexity index is 385. The molecule has 0 N–H and O–H groups in total. The van der Waals surface area contributed by atoms with E-state index >= 15 is 0 Å². The molecule has 0 radical (unpaired) electrons. The first-order valence-electron chi connectivity index (χ1n) is 8.35. The van der Waals surface area contributed by atoms with Gasteiger partial charge in [0.2, 0.25) is 0 Å². The number of hydrogen-bond acceptors (Lipinski definition) is 2. The highest BCUT2D eigenvalue weighted by atomic mass is 16.2. The zero-order valence-electron chi connectivity index (χ0n) is 13.2. The quantitative estimate of drug-likeness (QED) is 0.706. The molecule has 0 unspecified atom stereocenters. The largest absolute Gasteiger partial charge is 0.299 e. The van der Waals surface area contributed by atoms with Crippen molar-refractivity contribution in [3.05, 3.63) is 0 Å². The summed E-state index contributed by atoms with van der Waals surface area (Å²) >= 11 is 0. The topological polar surface area (TPSA) is 34.1 Å². The van der Waals surface area contributed by atoms with E-state index in [0.29, 0.717) is 5.41 Å². The second kappa shape index (κ2) is 4.68. The van der Waals surface area contributed by atoms with Crippen molar-refractivity contribution < 1.29 is 9.59 Å². The van der Waals surface area contributed by atoms with E-state index in [0.717, 1.165) is 30.6 Å². The Morgan fingerprint density at radius 3 is 1.70 bits per heavy atom. The van der Waals surface area contributed by atoms with Gasteiger partial charge in [-0.15, -0.1) is 0 Å². The van der Waals surface area contributed by atoms with Gasteiger partial charge in [0.25, 0.3) is 0 Å². The van der Waals surface area contributed by atoms with E-state index in [-0.39, 0.29) is 11.6 Å². The molecule has 0 amide bonds. The average Bonchev–Trinajstić information content (AvgIpc) is 2.33. The van der Waals surface area contributed by atoms with Crippen LogP contribution in [0.5, 0.6) is 0 Å². The zero-order valence-corrected chi connectivity index (χ0v) is 13.2. The van der Waals surface area contributed by atoms with Crippen LogP contribution in [0.2, 0.25) is 0 Å². The molecule has 0 saturated heterocycles. The van der Waals surface area contributed by atoms with Crippen LogP contribution in [-0.2, 0) is 9.59 Å². The molecule has 4 bridgehead atoms. The second-order valence-electron chi connectivity index (χ2n) is 8.36. The molecule has 0 aliphatic heterocycles. The Morgan fingerprint density at radius 1 is 0.950 bits per heavy atom. The number of carbonyl (C=O) groups is 2. The van der Waals surface area contributed by atoms with E-state index in [9.17, 15) is 9.59 Å². The average molecular weight is 276 g/mol. The molecule has 4 fully saturated rings. The molecular formula is C18H28O2. The highest BCUT2D eigenvalue weighted by Crippen LogP contribution is 2.62. The molecule has 4 aliphatic rings. The van der Waals surface area contributed by atoms with Crippen molar-refractivity contribution in [2.45, 2.75) is 72.1 Å². The predicted octanol–water partition coefficient (Wildman–Crippen LogP) is 4.17. The Balaban J connectivity index is 1.72. The van der Waals surface area contributed by atoms with Crippen LogP contribution in [0.15, 0.2) is 0 Å². The van der Waals surface area contributed by atoms with Gasteiger partial charge in [-0.1, -0.05) is 0 Å². The zero-order chi connectivity index (χ0) is 14.5. The van der Waals surface area contributed by atoms with E-state index in [2.05, 4.69) is 0 Å². The summed E-state index contributed by atoms with van der Waals surface area (Å²) in [4.78, 5) is 23.8. The standard InChI is InChI=1S/C18H28O2/c1-12(19)17(3,13(2)20)4-5-18-9-14-6-15(10-18)8-16(7-14)11-18/h14-16H,4-11H2,1-3H3. The molecule has 112 valence electrons. The van der Waals surface area contributed by atoms with Crippen LogP contribution in [0.25, 0.3) is 0 Å². The fourth-order valence-electron chi connectivity index (χ4n) is 5.71. The second-order valence-corrected chi connectivity index (χ2v) is 8.36. The van der Waals surface area contributed by atoms with Crippen molar-refractivity contribution in [2.75, 3.05) is 0 Å². The van der Waals surface area contributed by atoms with Crippen molar-refractivity contribution in [1.29, 1.82) is 0 Å². The number of hydrogen-bond donors (Lipinski definition) is 0. The van der Waals surface area contributed by atoms with Gasteiger partial charge in [-0.2, -0.15) is 0 Å². The first-order valence-corrected chi connectivity index (χ1v) is 8.35. The monoisotopic (exact) mass is 276 g/mol. The van der Waals surface area contributed by atoms with Crippen molar-refractivity contribution in [3.8, 4) is 0 Å². The summed E-state index contributed by atoms with van der Waals surface area (Å²) in [5.74, 6) is 2.94. The van der Waals surface area contributed by atoms with Crippen LogP contribution < -0.4 is 0 Å². The van der Waals surface area contributed by atoms with Gasteiger partial charge in [0, 0.05) is 0 Å². The minimum atomic E-state index is -0.733.